The minimum Gasteiger partial charge on any atom is -0.445 e. The smallest absolute Gasteiger partial charge is 0.410 e. The predicted octanol–water partition coefficient (Wildman–Crippen LogP) is 1.62. The van der Waals surface area contributed by atoms with Crippen LogP contribution >= 0.6 is 0 Å². The van der Waals surface area contributed by atoms with Crippen LogP contribution in [0.4, 0.5) is 4.79 Å². The average molecular weight is 234 g/mol. The average Bonchev–Trinajstić information content (AvgIpc) is 2.86. The fourth-order valence-electron chi connectivity index (χ4n) is 1.97. The summed E-state index contributed by atoms with van der Waals surface area (Å²) in [5.41, 5.74) is 1.02. The van der Waals surface area contributed by atoms with E-state index in [1.54, 1.807) is 4.90 Å². The standard InChI is InChI=1S/C13H18N2O2/c1-14-12-7-8-15(9-12)13(16)17-10-11-5-3-2-4-6-11/h2-6,12,14H,7-10H2,1H3/t12-/m0/s1. The van der Waals surface area contributed by atoms with Crippen LogP contribution in [-0.4, -0.2) is 37.2 Å². The van der Waals surface area contributed by atoms with Gasteiger partial charge < -0.3 is 15.0 Å². The summed E-state index contributed by atoms with van der Waals surface area (Å²) in [6, 6.07) is 10.1. The number of likely N-dealkylation sites (N-methyl/N-ethyl adjacent to an activating group) is 1. The molecule has 1 aromatic carbocycles. The Kier molecular flexibility index (Phi) is 3.98. The number of benzene rings is 1. The van der Waals surface area contributed by atoms with E-state index in [1.807, 2.05) is 37.4 Å². The largest absolute Gasteiger partial charge is 0.445 e. The quantitative estimate of drug-likeness (QED) is 0.864. The summed E-state index contributed by atoms with van der Waals surface area (Å²) >= 11 is 0. The fraction of sp³-hybridized carbons (Fsp3) is 0.462. The Morgan fingerprint density at radius 1 is 1.47 bits per heavy atom. The Hall–Kier alpha value is -1.55. The number of hydrogen-bond acceptors (Lipinski definition) is 3. The molecule has 0 unspecified atom stereocenters. The Labute approximate surface area is 102 Å². The lowest BCUT2D eigenvalue weighted by molar-refractivity contribution is 0.103. The van der Waals surface area contributed by atoms with Crippen LogP contribution in [-0.2, 0) is 11.3 Å². The molecule has 0 spiro atoms. The van der Waals surface area contributed by atoms with Crippen LogP contribution in [0, 0.1) is 0 Å². The first kappa shape index (κ1) is 11.9. The molecule has 1 aliphatic rings. The topological polar surface area (TPSA) is 41.6 Å². The third-order valence-electron chi connectivity index (χ3n) is 3.06. The number of carbonyl (C=O) groups excluding carboxylic acids is 1. The zero-order chi connectivity index (χ0) is 12.1. The SMILES string of the molecule is CN[C@H]1CCN(C(=O)OCc2ccccc2)C1. The van der Waals surface area contributed by atoms with Gasteiger partial charge in [0.2, 0.25) is 0 Å². The van der Waals surface area contributed by atoms with Crippen molar-refractivity contribution in [3.63, 3.8) is 0 Å². The van der Waals surface area contributed by atoms with Gasteiger partial charge in [-0.05, 0) is 19.0 Å². The fourth-order valence-corrected chi connectivity index (χ4v) is 1.97. The molecule has 4 heteroatoms. The maximum Gasteiger partial charge on any atom is 0.410 e. The number of hydrogen-bond donors (Lipinski definition) is 1. The Balaban J connectivity index is 1.78. The lowest BCUT2D eigenvalue weighted by Crippen LogP contribution is -2.33. The van der Waals surface area contributed by atoms with E-state index >= 15 is 0 Å². The summed E-state index contributed by atoms with van der Waals surface area (Å²) in [6.07, 6.45) is 0.781. The van der Waals surface area contributed by atoms with Gasteiger partial charge in [0, 0.05) is 19.1 Å². The van der Waals surface area contributed by atoms with Gasteiger partial charge in [-0.2, -0.15) is 0 Å². The minimum absolute atomic E-state index is 0.216. The van der Waals surface area contributed by atoms with Gasteiger partial charge >= 0.3 is 6.09 Å². The normalized spacial score (nSPS) is 19.4. The van der Waals surface area contributed by atoms with Gasteiger partial charge in [-0.3, -0.25) is 0 Å². The van der Waals surface area contributed by atoms with Gasteiger partial charge in [-0.1, -0.05) is 30.3 Å². The zero-order valence-corrected chi connectivity index (χ0v) is 10.1. The lowest BCUT2D eigenvalue weighted by atomic mass is 10.2. The van der Waals surface area contributed by atoms with Gasteiger partial charge in [0.1, 0.15) is 6.61 Å². The minimum atomic E-state index is -0.216. The van der Waals surface area contributed by atoms with Crippen LogP contribution < -0.4 is 5.32 Å². The lowest BCUT2D eigenvalue weighted by Gasteiger charge is -2.16. The monoisotopic (exact) mass is 234 g/mol. The van der Waals surface area contributed by atoms with E-state index in [-0.39, 0.29) is 6.09 Å². The van der Waals surface area contributed by atoms with Crippen molar-refractivity contribution in [2.24, 2.45) is 0 Å². The molecular weight excluding hydrogens is 216 g/mol. The maximum absolute atomic E-state index is 11.8. The van der Waals surface area contributed by atoms with Crippen molar-refractivity contribution >= 4 is 6.09 Å². The summed E-state index contributed by atoms with van der Waals surface area (Å²) < 4.78 is 5.26. The molecule has 1 atom stereocenters. The highest BCUT2D eigenvalue weighted by atomic mass is 16.6. The number of carbonyl (C=O) groups is 1. The second kappa shape index (κ2) is 5.68. The zero-order valence-electron chi connectivity index (χ0n) is 10.1. The van der Waals surface area contributed by atoms with Crippen molar-refractivity contribution in [1.82, 2.24) is 10.2 Å². The second-order valence-electron chi connectivity index (χ2n) is 4.26. The second-order valence-corrected chi connectivity index (χ2v) is 4.26. The van der Waals surface area contributed by atoms with Crippen LogP contribution in [0.2, 0.25) is 0 Å². The first-order valence-corrected chi connectivity index (χ1v) is 5.92. The van der Waals surface area contributed by atoms with Gasteiger partial charge in [-0.15, -0.1) is 0 Å². The maximum atomic E-state index is 11.8. The molecule has 2 rings (SSSR count). The molecule has 0 radical (unpaired) electrons. The third kappa shape index (κ3) is 3.20. The molecule has 92 valence electrons. The Morgan fingerprint density at radius 3 is 2.88 bits per heavy atom. The molecule has 1 N–H and O–H groups in total. The number of nitrogens with zero attached hydrogens (tertiary/aromatic N) is 1. The molecule has 1 fully saturated rings. The summed E-state index contributed by atoms with van der Waals surface area (Å²) in [5, 5.41) is 3.17. The summed E-state index contributed by atoms with van der Waals surface area (Å²) in [6.45, 7) is 1.86. The predicted molar refractivity (Wildman–Crippen MR) is 65.7 cm³/mol. The van der Waals surface area contributed by atoms with E-state index in [9.17, 15) is 4.79 Å². The van der Waals surface area contributed by atoms with E-state index in [0.717, 1.165) is 25.1 Å². The number of rotatable bonds is 3. The van der Waals surface area contributed by atoms with Crippen molar-refractivity contribution in [2.75, 3.05) is 20.1 Å². The number of likely N-dealkylation sites (tertiary alicyclic amines) is 1. The van der Waals surface area contributed by atoms with Crippen LogP contribution in [0.1, 0.15) is 12.0 Å². The highest BCUT2D eigenvalue weighted by Crippen LogP contribution is 2.11. The molecule has 1 aliphatic heterocycles. The van der Waals surface area contributed by atoms with Gasteiger partial charge in [0.05, 0.1) is 0 Å². The van der Waals surface area contributed by atoms with Gasteiger partial charge in [-0.25, -0.2) is 4.79 Å². The van der Waals surface area contributed by atoms with Crippen molar-refractivity contribution < 1.29 is 9.53 Å². The van der Waals surface area contributed by atoms with Crippen LogP contribution in [0.15, 0.2) is 30.3 Å². The van der Waals surface area contributed by atoms with E-state index < -0.39 is 0 Å². The summed E-state index contributed by atoms with van der Waals surface area (Å²) in [7, 11) is 1.92. The molecule has 1 heterocycles. The molecular formula is C13H18N2O2. The van der Waals surface area contributed by atoms with E-state index in [1.165, 1.54) is 0 Å². The molecule has 4 nitrogen and oxygen atoms in total. The van der Waals surface area contributed by atoms with Crippen molar-refractivity contribution in [2.45, 2.75) is 19.1 Å². The first-order chi connectivity index (χ1) is 8.29. The number of amides is 1. The Morgan fingerprint density at radius 2 is 2.24 bits per heavy atom. The van der Waals surface area contributed by atoms with Crippen molar-refractivity contribution in [3.05, 3.63) is 35.9 Å². The van der Waals surface area contributed by atoms with Crippen LogP contribution in [0.25, 0.3) is 0 Å². The van der Waals surface area contributed by atoms with Gasteiger partial charge in [0.15, 0.2) is 0 Å². The van der Waals surface area contributed by atoms with Crippen LogP contribution in [0.3, 0.4) is 0 Å². The van der Waals surface area contributed by atoms with E-state index in [0.29, 0.717) is 12.6 Å². The molecule has 1 saturated heterocycles. The van der Waals surface area contributed by atoms with Crippen molar-refractivity contribution in [1.29, 1.82) is 0 Å². The summed E-state index contributed by atoms with van der Waals surface area (Å²) in [4.78, 5) is 13.5. The van der Waals surface area contributed by atoms with Crippen LogP contribution in [0.5, 0.6) is 0 Å². The Bertz CT molecular complexity index is 367. The first-order valence-electron chi connectivity index (χ1n) is 5.92. The summed E-state index contributed by atoms with van der Waals surface area (Å²) in [5.74, 6) is 0. The highest BCUT2D eigenvalue weighted by Gasteiger charge is 2.25. The molecule has 0 bridgehead atoms. The highest BCUT2D eigenvalue weighted by molar-refractivity contribution is 5.68. The number of ether oxygens (including phenoxy) is 1. The molecule has 0 saturated carbocycles. The molecule has 0 aliphatic carbocycles. The number of nitrogens with one attached hydrogen (secondary N) is 1. The van der Waals surface area contributed by atoms with E-state index in [2.05, 4.69) is 5.32 Å². The van der Waals surface area contributed by atoms with Crippen molar-refractivity contribution in [3.8, 4) is 0 Å². The molecule has 0 aromatic heterocycles. The van der Waals surface area contributed by atoms with Gasteiger partial charge in [0.25, 0.3) is 0 Å². The molecule has 1 amide bonds. The van der Waals surface area contributed by atoms with E-state index in [4.69, 9.17) is 4.74 Å². The third-order valence-corrected chi connectivity index (χ3v) is 3.06. The molecule has 1 aromatic rings. The molecule has 17 heavy (non-hydrogen) atoms.